The summed E-state index contributed by atoms with van der Waals surface area (Å²) < 4.78 is 84.6. The molecule has 1 amide bonds. The number of carbonyl (C=O) groups excluding carboxylic acids is 1. The normalized spacial score (nSPS) is 14.0. The summed E-state index contributed by atoms with van der Waals surface area (Å²) in [6.45, 7) is 16.1. The van der Waals surface area contributed by atoms with Crippen molar-refractivity contribution in [1.29, 1.82) is 0 Å². The first-order valence-electron chi connectivity index (χ1n) is 21.2. The number of piperidine rings is 1. The minimum Gasteiger partial charge on any atom is -0.496 e. The lowest BCUT2D eigenvalue weighted by molar-refractivity contribution is -0.137. The van der Waals surface area contributed by atoms with Gasteiger partial charge in [-0.1, -0.05) is 113 Å². The number of halogens is 6. The molecule has 1 atom stereocenters. The van der Waals surface area contributed by atoms with E-state index < -0.39 is 36.2 Å². The lowest BCUT2D eigenvalue weighted by Gasteiger charge is -2.32. The molecule has 0 bridgehead atoms. The van der Waals surface area contributed by atoms with Crippen molar-refractivity contribution in [3.05, 3.63) is 113 Å². The van der Waals surface area contributed by atoms with Crippen LogP contribution in [0.4, 0.5) is 26.3 Å². The van der Waals surface area contributed by atoms with Crippen molar-refractivity contribution in [3.63, 3.8) is 0 Å². The highest BCUT2D eigenvalue weighted by atomic mass is 19.4. The van der Waals surface area contributed by atoms with E-state index in [1.54, 1.807) is 34.1 Å². The van der Waals surface area contributed by atoms with Gasteiger partial charge in [0.05, 0.1) is 25.3 Å². The number of aryl methyl sites for hydroxylation is 2. The molecule has 0 radical (unpaired) electrons. The molecule has 1 fully saturated rings. The monoisotopic (exact) mass is 886 g/mol. The average Bonchev–Trinajstić information content (AvgIpc) is 3.23. The molecule has 13 heteroatoms. The van der Waals surface area contributed by atoms with Crippen LogP contribution < -0.4 is 15.2 Å². The number of primary amides is 1. The second-order valence-electron chi connectivity index (χ2n) is 15.5. The topological polar surface area (TPSA) is 102 Å². The van der Waals surface area contributed by atoms with Gasteiger partial charge in [0.1, 0.15) is 17.3 Å². The van der Waals surface area contributed by atoms with Gasteiger partial charge in [-0.25, -0.2) is 13.2 Å². The van der Waals surface area contributed by atoms with Crippen LogP contribution >= 0.6 is 0 Å². The lowest BCUT2D eigenvalue weighted by Crippen LogP contribution is -2.38. The van der Waals surface area contributed by atoms with Crippen LogP contribution in [-0.4, -0.2) is 61.3 Å². The average molecular weight is 887 g/mol. The van der Waals surface area contributed by atoms with E-state index >= 15 is 0 Å². The number of rotatable bonds is 14. The number of fused-ring (bicyclic) bond motifs is 1. The summed E-state index contributed by atoms with van der Waals surface area (Å²) in [7, 11) is 3.21. The standard InChI is InChI=1S/C27H29F2NO4.C11H12FNO.C9H18.C3H5F3/c1-33-23-11-9-19(17-30-15-13-27(28,29)14-16-30)26(34-2)25(23)22-8-4-6-20-18(10-12-24(31)32)5-3-7-21(20)22;1-6(2)8-4-7(3)10(11(13)14)9(12)5-8;1-4-6-7-8-9(3)5-2;1-2-3(4,5)6/h3-9,11H,10,12-17H2,1-2H3,(H,31,32);4-5H,1H2,2-3H3,(H2,13,14);7-9H,4-6H2,1-3H3;2H2,1H3/b;;8-7-;. The summed E-state index contributed by atoms with van der Waals surface area (Å²) in [6, 6.07) is 18.6. The highest BCUT2D eigenvalue weighted by Crippen LogP contribution is 2.45. The Morgan fingerprint density at radius 1 is 0.968 bits per heavy atom. The number of carbonyl (C=O) groups is 2. The van der Waals surface area contributed by atoms with Gasteiger partial charge in [-0.05, 0) is 77.8 Å². The number of ether oxygens (including phenoxy) is 2. The number of likely N-dealkylation sites (tertiary alicyclic amines) is 1. The molecule has 0 spiro atoms. The maximum Gasteiger partial charge on any atom is 0.388 e. The van der Waals surface area contributed by atoms with Crippen LogP contribution in [0.3, 0.4) is 0 Å². The first-order chi connectivity index (χ1) is 29.6. The summed E-state index contributed by atoms with van der Waals surface area (Å²) in [6.07, 6.45) is 3.90. The Labute approximate surface area is 369 Å². The Hall–Kier alpha value is -5.30. The molecule has 0 aliphatic carbocycles. The number of nitrogens with zero attached hydrogens (tertiary/aromatic N) is 1. The van der Waals surface area contributed by atoms with Gasteiger partial charge < -0.3 is 20.3 Å². The largest absolute Gasteiger partial charge is 0.496 e. The van der Waals surface area contributed by atoms with Crippen molar-refractivity contribution >= 4 is 28.2 Å². The second kappa shape index (κ2) is 25.7. The number of alkyl halides is 5. The number of aliphatic carboxylic acids is 1. The van der Waals surface area contributed by atoms with Crippen molar-refractivity contribution in [3.8, 4) is 22.6 Å². The number of hydrogen-bond donors (Lipinski definition) is 2. The number of unbranched alkanes of at least 4 members (excludes halogenated alkanes) is 1. The van der Waals surface area contributed by atoms with E-state index in [1.807, 2.05) is 53.4 Å². The molecular weight excluding hydrogens is 823 g/mol. The first kappa shape index (κ1) is 53.8. The fourth-order valence-electron chi connectivity index (χ4n) is 6.66. The zero-order valence-corrected chi connectivity index (χ0v) is 37.9. The van der Waals surface area contributed by atoms with Gasteiger partial charge in [0, 0.05) is 50.9 Å². The number of carboxylic acids is 1. The van der Waals surface area contributed by atoms with Crippen LogP contribution in [0.15, 0.2) is 79.4 Å². The third-order valence-corrected chi connectivity index (χ3v) is 10.5. The molecule has 0 saturated carbocycles. The van der Waals surface area contributed by atoms with Gasteiger partial charge in [0.2, 0.25) is 0 Å². The van der Waals surface area contributed by atoms with Crippen LogP contribution in [0.1, 0.15) is 112 Å². The van der Waals surface area contributed by atoms with E-state index in [0.29, 0.717) is 48.7 Å². The Morgan fingerprint density at radius 2 is 1.59 bits per heavy atom. The number of methoxy groups -OCH3 is 2. The third-order valence-electron chi connectivity index (χ3n) is 10.5. The highest BCUT2D eigenvalue weighted by Gasteiger charge is 2.34. The van der Waals surface area contributed by atoms with Crippen LogP contribution in [-0.2, 0) is 17.8 Å². The Bertz CT molecular complexity index is 2120. The summed E-state index contributed by atoms with van der Waals surface area (Å²) in [5.41, 5.74) is 10.5. The molecule has 7 nitrogen and oxygen atoms in total. The summed E-state index contributed by atoms with van der Waals surface area (Å²) >= 11 is 0. The molecule has 3 N–H and O–H groups in total. The van der Waals surface area contributed by atoms with Crippen molar-refractivity contribution in [2.45, 2.75) is 112 Å². The molecule has 63 heavy (non-hydrogen) atoms. The highest BCUT2D eigenvalue weighted by molar-refractivity contribution is 6.01. The van der Waals surface area contributed by atoms with E-state index in [1.165, 1.54) is 25.3 Å². The van der Waals surface area contributed by atoms with Gasteiger partial charge in [-0.3, -0.25) is 14.5 Å². The summed E-state index contributed by atoms with van der Waals surface area (Å²) in [5.74, 6) is -2.68. The Kier molecular flexibility index (Phi) is 22.0. The molecule has 1 aliphatic heterocycles. The number of amides is 1. The number of benzene rings is 4. The molecule has 5 rings (SSSR count). The maximum absolute atomic E-state index is 13.6. The predicted molar refractivity (Wildman–Crippen MR) is 242 cm³/mol. The fourth-order valence-corrected chi connectivity index (χ4v) is 6.66. The smallest absolute Gasteiger partial charge is 0.388 e. The molecular formula is C50H64F6N2O5. The van der Waals surface area contributed by atoms with Crippen molar-refractivity contribution < 1.29 is 50.5 Å². The number of hydrogen-bond acceptors (Lipinski definition) is 5. The molecule has 1 heterocycles. The third kappa shape index (κ3) is 17.4. The van der Waals surface area contributed by atoms with Gasteiger partial charge >= 0.3 is 12.1 Å². The van der Waals surface area contributed by atoms with E-state index in [-0.39, 0.29) is 24.8 Å². The Balaban J connectivity index is 0.000000383. The molecule has 4 aromatic carbocycles. The van der Waals surface area contributed by atoms with Crippen LogP contribution in [0.25, 0.3) is 27.5 Å². The van der Waals surface area contributed by atoms with Crippen molar-refractivity contribution in [1.82, 2.24) is 4.90 Å². The molecule has 1 unspecified atom stereocenters. The molecule has 0 aromatic heterocycles. The minimum atomic E-state index is -3.96. The van der Waals surface area contributed by atoms with Crippen molar-refractivity contribution in [2.24, 2.45) is 11.7 Å². The van der Waals surface area contributed by atoms with Gasteiger partial charge in [0.25, 0.3) is 11.8 Å². The molecule has 1 saturated heterocycles. The maximum atomic E-state index is 13.6. The summed E-state index contributed by atoms with van der Waals surface area (Å²) in [4.78, 5) is 24.0. The van der Waals surface area contributed by atoms with Gasteiger partial charge in [-0.15, -0.1) is 0 Å². The van der Waals surface area contributed by atoms with Crippen molar-refractivity contribution in [2.75, 3.05) is 27.3 Å². The van der Waals surface area contributed by atoms with Crippen LogP contribution in [0.5, 0.6) is 11.5 Å². The quantitative estimate of drug-likeness (QED) is 0.0966. The van der Waals surface area contributed by atoms with Crippen LogP contribution in [0.2, 0.25) is 0 Å². The fraction of sp³-hybridized carbons (Fsp3) is 0.440. The van der Waals surface area contributed by atoms with Gasteiger partial charge in [0.15, 0.2) is 0 Å². The van der Waals surface area contributed by atoms with E-state index in [0.717, 1.165) is 51.4 Å². The van der Waals surface area contributed by atoms with E-state index in [9.17, 15) is 35.9 Å². The van der Waals surface area contributed by atoms with Crippen LogP contribution in [0, 0.1) is 18.7 Å². The zero-order valence-electron chi connectivity index (χ0n) is 37.9. The van der Waals surface area contributed by atoms with E-state index in [2.05, 4.69) is 39.5 Å². The van der Waals surface area contributed by atoms with Gasteiger partial charge in [-0.2, -0.15) is 13.2 Å². The minimum absolute atomic E-state index is 0.0463. The second-order valence-corrected chi connectivity index (χ2v) is 15.5. The molecule has 4 aromatic rings. The zero-order chi connectivity index (χ0) is 47.5. The number of carboxylic acid groups (broad SMARTS) is 1. The Morgan fingerprint density at radius 3 is 2.10 bits per heavy atom. The molecule has 1 aliphatic rings. The first-order valence-corrected chi connectivity index (χ1v) is 21.2. The molecule has 346 valence electrons. The predicted octanol–water partition coefficient (Wildman–Crippen LogP) is 13.4. The lowest BCUT2D eigenvalue weighted by atomic mass is 9.92. The van der Waals surface area contributed by atoms with E-state index in [4.69, 9.17) is 20.3 Å². The number of allylic oxidation sites excluding steroid dienone is 3. The number of nitrogens with two attached hydrogens (primary N) is 1. The summed E-state index contributed by atoms with van der Waals surface area (Å²) in [5, 5.41) is 11.1. The SMILES string of the molecule is C=C(C)c1cc(C)c(C(N)=O)c(F)c1.CCC(F)(F)F.CCC/C=C\C(C)CC.COc1ccc(CN2CCC(F)(F)CC2)c(OC)c1-c1cccc2c(CCC(=O)O)cccc12.